The van der Waals surface area contributed by atoms with Crippen LogP contribution in [0.5, 0.6) is 0 Å². The van der Waals surface area contributed by atoms with Crippen molar-refractivity contribution in [3.05, 3.63) is 33.1 Å². The molecule has 1 saturated heterocycles. The van der Waals surface area contributed by atoms with Crippen molar-refractivity contribution in [1.29, 1.82) is 0 Å². The molecule has 0 aromatic carbocycles. The molecule has 0 spiro atoms. The molecule has 98 valence electrons. The molecule has 1 fully saturated rings. The first-order valence-corrected chi connectivity index (χ1v) is 5.37. The Morgan fingerprint density at radius 3 is 2.83 bits per heavy atom. The summed E-state index contributed by atoms with van der Waals surface area (Å²) in [7, 11) is 0. The minimum absolute atomic E-state index is 0.201. The monoisotopic (exact) mass is 257 g/mol. The lowest BCUT2D eigenvalue weighted by atomic mass is 9.90. The van der Waals surface area contributed by atoms with E-state index in [0.29, 0.717) is 0 Å². The number of aromatic nitrogens is 2. The minimum Gasteiger partial charge on any atom is -0.343 e. The molecule has 1 aromatic heterocycles. The molecule has 0 radical (unpaired) electrons. The molecular weight excluding hydrogens is 243 g/mol. The summed E-state index contributed by atoms with van der Waals surface area (Å²) >= 11 is 0. The van der Waals surface area contributed by atoms with E-state index in [9.17, 15) is 18.8 Å². The van der Waals surface area contributed by atoms with Gasteiger partial charge in [0.25, 0.3) is 5.56 Å². The van der Waals surface area contributed by atoms with Gasteiger partial charge in [0.2, 0.25) is 0 Å². The van der Waals surface area contributed by atoms with Gasteiger partial charge in [-0.1, -0.05) is 6.92 Å². The highest BCUT2D eigenvalue weighted by atomic mass is 19.1. The molecule has 7 heteroatoms. The highest BCUT2D eigenvalue weighted by Gasteiger charge is 2.53. The van der Waals surface area contributed by atoms with Crippen molar-refractivity contribution < 1.29 is 15.3 Å². The van der Waals surface area contributed by atoms with Crippen molar-refractivity contribution in [1.82, 2.24) is 9.55 Å². The molecule has 2 heterocycles. The second kappa shape index (κ2) is 4.16. The Morgan fingerprint density at radius 2 is 2.33 bits per heavy atom. The average molecular weight is 257 g/mol. The summed E-state index contributed by atoms with van der Waals surface area (Å²) in [5, 5.41) is 0. The minimum atomic E-state index is -2.11. The number of aromatic amines is 1. The first-order valence-electron chi connectivity index (χ1n) is 5.87. The molecular formula is C11H13FN2O4. The fourth-order valence-corrected chi connectivity index (χ4v) is 1.91. The number of rotatable bonds is 2. The Hall–Kier alpha value is -1.76. The van der Waals surface area contributed by atoms with Crippen molar-refractivity contribution in [2.24, 2.45) is 5.92 Å². The van der Waals surface area contributed by atoms with Gasteiger partial charge in [-0.05, 0) is 6.92 Å². The number of alkyl halides is 1. The highest BCUT2D eigenvalue weighted by molar-refractivity contribution is 5.57. The topological polar surface area (TPSA) is 81.2 Å². The second-order valence-electron chi connectivity index (χ2n) is 4.38. The van der Waals surface area contributed by atoms with E-state index >= 15 is 0 Å². The third-order valence-corrected chi connectivity index (χ3v) is 3.22. The van der Waals surface area contributed by atoms with Crippen LogP contribution in [0.4, 0.5) is 4.39 Å². The molecule has 1 aliphatic heterocycles. The van der Waals surface area contributed by atoms with E-state index in [2.05, 4.69) is 0 Å². The van der Waals surface area contributed by atoms with Crippen LogP contribution in [0.1, 0.15) is 21.4 Å². The van der Waals surface area contributed by atoms with E-state index in [1.807, 2.05) is 4.98 Å². The summed E-state index contributed by atoms with van der Waals surface area (Å²) in [6, 6.07) is 1.04. The maximum Gasteiger partial charge on any atom is 0.330 e. The first kappa shape index (κ1) is 11.3. The van der Waals surface area contributed by atoms with Crippen molar-refractivity contribution in [2.75, 3.05) is 0 Å². The third-order valence-electron chi connectivity index (χ3n) is 3.22. The Labute approximate surface area is 103 Å². The molecule has 0 bridgehead atoms. The van der Waals surface area contributed by atoms with Gasteiger partial charge in [-0.2, -0.15) is 0 Å². The lowest BCUT2D eigenvalue weighted by Crippen LogP contribution is -2.40. The molecule has 1 aromatic rings. The molecule has 0 unspecified atom stereocenters. The van der Waals surface area contributed by atoms with Crippen LogP contribution >= 0.6 is 0 Å². The largest absolute Gasteiger partial charge is 0.343 e. The van der Waals surface area contributed by atoms with E-state index in [4.69, 9.17) is 6.11 Å². The molecule has 18 heavy (non-hydrogen) atoms. The number of nitrogens with one attached hydrogen (secondary N) is 1. The Morgan fingerprint density at radius 1 is 1.67 bits per heavy atom. The molecule has 0 amide bonds. The molecule has 2 rings (SSSR count). The number of halogens is 1. The smallest absolute Gasteiger partial charge is 0.330 e. The van der Waals surface area contributed by atoms with Crippen LogP contribution in [0.3, 0.4) is 0 Å². The SMILES string of the molecule is [2H][C@]1(C=O)O[C@@H](n2ccc(=O)[nH]c2=O)[C@](C)(F)[C@@H]1C. The van der Waals surface area contributed by atoms with Crippen LogP contribution in [0, 0.1) is 5.92 Å². The van der Waals surface area contributed by atoms with E-state index in [0.717, 1.165) is 23.8 Å². The van der Waals surface area contributed by atoms with E-state index in [-0.39, 0.29) is 6.29 Å². The maximum atomic E-state index is 14.7. The third kappa shape index (κ3) is 1.80. The van der Waals surface area contributed by atoms with Crippen LogP contribution < -0.4 is 11.2 Å². The number of H-pyrrole nitrogens is 1. The summed E-state index contributed by atoms with van der Waals surface area (Å²) in [6.45, 7) is 2.51. The molecule has 6 nitrogen and oxygen atoms in total. The van der Waals surface area contributed by atoms with Gasteiger partial charge < -0.3 is 9.53 Å². The van der Waals surface area contributed by atoms with Crippen LogP contribution in [-0.4, -0.2) is 27.6 Å². The van der Waals surface area contributed by atoms with Gasteiger partial charge in [0.1, 0.15) is 12.4 Å². The van der Waals surface area contributed by atoms with Crippen molar-refractivity contribution in [3.8, 4) is 0 Å². The second-order valence-corrected chi connectivity index (χ2v) is 4.38. The van der Waals surface area contributed by atoms with Crippen molar-refractivity contribution in [2.45, 2.75) is 31.8 Å². The number of carbonyl (C=O) groups excluding carboxylic acids is 1. The fourth-order valence-electron chi connectivity index (χ4n) is 1.91. The van der Waals surface area contributed by atoms with Gasteiger partial charge in [-0.15, -0.1) is 0 Å². The predicted molar refractivity (Wildman–Crippen MR) is 60.0 cm³/mol. The van der Waals surface area contributed by atoms with E-state index in [1.54, 1.807) is 0 Å². The summed E-state index contributed by atoms with van der Waals surface area (Å²) in [5.41, 5.74) is -3.59. The van der Waals surface area contributed by atoms with Crippen LogP contribution in [0.2, 0.25) is 0 Å². The number of ether oxygens (including phenoxy) is 1. The zero-order chi connectivity index (χ0) is 14.4. The zero-order valence-electron chi connectivity index (χ0n) is 10.8. The molecule has 0 saturated carbocycles. The zero-order valence-corrected chi connectivity index (χ0v) is 9.84. The van der Waals surface area contributed by atoms with Crippen LogP contribution in [0.25, 0.3) is 0 Å². The Kier molecular flexibility index (Phi) is 2.62. The first-order chi connectivity index (χ1) is 8.72. The highest BCUT2D eigenvalue weighted by Crippen LogP contribution is 2.43. The van der Waals surface area contributed by atoms with Crippen molar-refractivity contribution >= 4 is 6.29 Å². The Bertz CT molecular complexity index is 626. The van der Waals surface area contributed by atoms with Gasteiger partial charge in [0, 0.05) is 18.2 Å². The van der Waals surface area contributed by atoms with Gasteiger partial charge in [0.15, 0.2) is 11.9 Å². The predicted octanol–water partition coefficient (Wildman–Crippen LogP) is -0.00280. The molecule has 4 atom stereocenters. The summed E-state index contributed by atoms with van der Waals surface area (Å²) in [4.78, 5) is 35.5. The number of nitrogens with zero attached hydrogens (tertiary/aromatic N) is 1. The van der Waals surface area contributed by atoms with Crippen LogP contribution in [-0.2, 0) is 9.53 Å². The standard InChI is InChI=1S/C11H13FN2O4/c1-6-7(5-15)18-9(11(6,2)12)14-4-3-8(16)13-10(14)17/h3-7,9H,1-2H3,(H,13,16,17)/t6-,7-,9-,11-/m1/s1/i7D. The van der Waals surface area contributed by atoms with Gasteiger partial charge in [0.05, 0.1) is 1.37 Å². The molecule has 1 N–H and O–H groups in total. The molecule has 1 aliphatic rings. The quantitative estimate of drug-likeness (QED) is 0.756. The molecule has 0 aliphatic carbocycles. The average Bonchev–Trinajstić information content (AvgIpc) is 2.51. The van der Waals surface area contributed by atoms with Gasteiger partial charge >= 0.3 is 5.69 Å². The van der Waals surface area contributed by atoms with Crippen molar-refractivity contribution in [3.63, 3.8) is 0 Å². The number of carbonyl (C=O) groups is 1. The van der Waals surface area contributed by atoms with E-state index in [1.165, 1.54) is 6.92 Å². The Balaban J connectivity index is 2.54. The number of aldehydes is 1. The van der Waals surface area contributed by atoms with Gasteiger partial charge in [-0.25, -0.2) is 9.18 Å². The normalized spacial score (nSPS) is 40.5. The summed E-state index contributed by atoms with van der Waals surface area (Å²) in [6.07, 6.45) is -2.24. The number of hydrogen-bond acceptors (Lipinski definition) is 4. The van der Waals surface area contributed by atoms with E-state index < -0.39 is 35.1 Å². The fraction of sp³-hybridized carbons (Fsp3) is 0.545. The lowest BCUT2D eigenvalue weighted by molar-refractivity contribution is -0.121. The number of hydrogen-bond donors (Lipinski definition) is 1. The maximum absolute atomic E-state index is 14.7. The summed E-state index contributed by atoms with van der Waals surface area (Å²) < 4.78 is 28.4. The lowest BCUT2D eigenvalue weighted by Gasteiger charge is -2.25. The summed E-state index contributed by atoms with van der Waals surface area (Å²) in [5.74, 6) is -1.07. The van der Waals surface area contributed by atoms with Gasteiger partial charge in [-0.3, -0.25) is 14.3 Å². The van der Waals surface area contributed by atoms with Crippen LogP contribution in [0.15, 0.2) is 21.9 Å².